The van der Waals surface area contributed by atoms with Crippen LogP contribution >= 0.6 is 11.6 Å². The number of hydrogen-bond donors (Lipinski definition) is 1. The molecule has 2 heterocycles. The van der Waals surface area contributed by atoms with Gasteiger partial charge < -0.3 is 19.0 Å². The zero-order chi connectivity index (χ0) is 25.9. The number of rotatable bonds is 5. The van der Waals surface area contributed by atoms with E-state index in [9.17, 15) is 4.79 Å². The molecule has 1 aliphatic rings. The Hall–Kier alpha value is -2.28. The number of hydrogen-bond acceptors (Lipinski definition) is 5. The smallest absolute Gasteiger partial charge is 0.460 e. The molecule has 1 aliphatic heterocycles. The molecule has 1 atom stereocenters. The minimum atomic E-state index is -0.559. The lowest BCUT2D eigenvalue weighted by atomic mass is 9.77. The molecular weight excluding hydrogens is 461 g/mol. The molecule has 186 valence electrons. The van der Waals surface area contributed by atoms with Crippen molar-refractivity contribution in [3.8, 4) is 0 Å². The predicted octanol–water partition coefficient (Wildman–Crippen LogP) is 6.66. The summed E-state index contributed by atoms with van der Waals surface area (Å²) in [6.45, 7) is 18.1. The van der Waals surface area contributed by atoms with Crippen LogP contribution in [0.25, 0.3) is 11.0 Å². The summed E-state index contributed by atoms with van der Waals surface area (Å²) in [6, 6.07) is 9.50. The molecule has 0 radical (unpaired) electrons. The fraction of sp³-hybridized carbons (Fsp3) is 0.464. The van der Waals surface area contributed by atoms with Gasteiger partial charge in [0.05, 0.1) is 22.6 Å². The van der Waals surface area contributed by atoms with Crippen LogP contribution in [0.3, 0.4) is 0 Å². The van der Waals surface area contributed by atoms with Gasteiger partial charge in [-0.05, 0) is 78.3 Å². The summed E-state index contributed by atoms with van der Waals surface area (Å²) in [4.78, 5) is 13.2. The minimum absolute atomic E-state index is 0.0245. The summed E-state index contributed by atoms with van der Waals surface area (Å²) in [5, 5.41) is 4.82. The molecule has 0 amide bonds. The molecule has 1 saturated heterocycles. The summed E-state index contributed by atoms with van der Waals surface area (Å²) >= 11 is 6.38. The Morgan fingerprint density at radius 2 is 1.60 bits per heavy atom. The van der Waals surface area contributed by atoms with Crippen molar-refractivity contribution in [2.75, 3.05) is 5.32 Å². The van der Waals surface area contributed by atoms with Crippen molar-refractivity contribution in [2.45, 2.75) is 85.5 Å². The Balaban J connectivity index is 1.78. The van der Waals surface area contributed by atoms with Gasteiger partial charge in [-0.1, -0.05) is 31.5 Å². The van der Waals surface area contributed by atoms with Crippen molar-refractivity contribution in [2.24, 2.45) is 0 Å². The van der Waals surface area contributed by atoms with Crippen LogP contribution in [0.5, 0.6) is 0 Å². The van der Waals surface area contributed by atoms with Crippen molar-refractivity contribution in [3.63, 3.8) is 0 Å². The van der Waals surface area contributed by atoms with E-state index in [1.54, 1.807) is 0 Å². The first-order valence-electron chi connectivity index (χ1n) is 12.2. The second kappa shape index (κ2) is 8.99. The van der Waals surface area contributed by atoms with E-state index in [1.165, 1.54) is 0 Å². The second-order valence-electron chi connectivity index (χ2n) is 11.0. The quantitative estimate of drug-likeness (QED) is 0.401. The maximum atomic E-state index is 13.2. The number of aryl methyl sites for hydroxylation is 1. The Labute approximate surface area is 213 Å². The molecule has 7 heteroatoms. The number of nitrogens with one attached hydrogen (secondary N) is 1. The summed E-state index contributed by atoms with van der Waals surface area (Å²) < 4.78 is 19.0. The van der Waals surface area contributed by atoms with Gasteiger partial charge in [-0.15, -0.1) is 0 Å². The van der Waals surface area contributed by atoms with Crippen molar-refractivity contribution in [1.82, 2.24) is 0 Å². The fourth-order valence-electron chi connectivity index (χ4n) is 4.60. The molecule has 1 fully saturated rings. The molecule has 0 aliphatic carbocycles. The maximum absolute atomic E-state index is 13.2. The lowest BCUT2D eigenvalue weighted by Gasteiger charge is -2.32. The van der Waals surface area contributed by atoms with Gasteiger partial charge in [0.2, 0.25) is 0 Å². The normalized spacial score (nSPS) is 17.9. The van der Waals surface area contributed by atoms with E-state index in [0.717, 1.165) is 28.0 Å². The van der Waals surface area contributed by atoms with Crippen LogP contribution in [0.2, 0.25) is 5.02 Å². The summed E-state index contributed by atoms with van der Waals surface area (Å²) in [5.41, 5.74) is 4.01. The van der Waals surface area contributed by atoms with Crippen LogP contribution < -0.4 is 16.2 Å². The van der Waals surface area contributed by atoms with Gasteiger partial charge in [-0.2, -0.15) is 0 Å². The molecule has 0 spiro atoms. The lowest BCUT2D eigenvalue weighted by Crippen LogP contribution is -2.41. The zero-order valence-electron chi connectivity index (χ0n) is 22.1. The van der Waals surface area contributed by atoms with E-state index in [-0.39, 0.29) is 17.4 Å². The van der Waals surface area contributed by atoms with E-state index in [2.05, 4.69) is 18.3 Å². The maximum Gasteiger partial charge on any atom is 0.497 e. The van der Waals surface area contributed by atoms with E-state index in [1.807, 2.05) is 79.7 Å². The van der Waals surface area contributed by atoms with E-state index >= 15 is 0 Å². The van der Waals surface area contributed by atoms with Crippen LogP contribution in [0.1, 0.15) is 82.9 Å². The Kier molecular flexibility index (Phi) is 6.63. The van der Waals surface area contributed by atoms with Gasteiger partial charge in [0.25, 0.3) is 0 Å². The summed E-state index contributed by atoms with van der Waals surface area (Å²) in [6.07, 6.45) is 0. The van der Waals surface area contributed by atoms with Crippen molar-refractivity contribution < 1.29 is 13.7 Å². The van der Waals surface area contributed by atoms with Crippen molar-refractivity contribution in [1.29, 1.82) is 0 Å². The van der Waals surface area contributed by atoms with Crippen LogP contribution in [0.15, 0.2) is 39.5 Å². The predicted molar refractivity (Wildman–Crippen MR) is 145 cm³/mol. The van der Waals surface area contributed by atoms with Crippen molar-refractivity contribution in [3.05, 3.63) is 68.0 Å². The van der Waals surface area contributed by atoms with Gasteiger partial charge in [-0.25, -0.2) is 0 Å². The Morgan fingerprint density at radius 3 is 2.20 bits per heavy atom. The topological polar surface area (TPSA) is 60.7 Å². The fourth-order valence-corrected chi connectivity index (χ4v) is 4.78. The number of benzene rings is 2. The highest BCUT2D eigenvalue weighted by Gasteiger charge is 2.52. The summed E-state index contributed by atoms with van der Waals surface area (Å²) in [7, 11) is -0.559. The van der Waals surface area contributed by atoms with E-state index in [0.29, 0.717) is 21.6 Å². The standard InChI is InChI=1S/C28H35BClNO4/c1-15(2)25-17(4)24(32)21-13-16(3)12-20(26(21)33-25)18(5)31-23-11-10-19(30)14-22(23)29-34-27(6,7)28(8,9)35-29/h10-15,18,31H,1-9H3. The largest absolute Gasteiger partial charge is 0.497 e. The van der Waals surface area contributed by atoms with Gasteiger partial charge in [0.15, 0.2) is 5.43 Å². The molecule has 2 aromatic carbocycles. The third-order valence-electron chi connectivity index (χ3n) is 7.31. The highest BCUT2D eigenvalue weighted by molar-refractivity contribution is 6.64. The first-order valence-corrected chi connectivity index (χ1v) is 12.6. The second-order valence-corrected chi connectivity index (χ2v) is 11.4. The molecule has 1 unspecified atom stereocenters. The zero-order valence-corrected chi connectivity index (χ0v) is 22.9. The average Bonchev–Trinajstić information content (AvgIpc) is 2.98. The van der Waals surface area contributed by atoms with Crippen LogP contribution in [-0.4, -0.2) is 18.3 Å². The van der Waals surface area contributed by atoms with E-state index < -0.39 is 18.3 Å². The molecule has 0 saturated carbocycles. The van der Waals surface area contributed by atoms with E-state index in [4.69, 9.17) is 25.3 Å². The highest BCUT2D eigenvalue weighted by Crippen LogP contribution is 2.38. The molecule has 1 N–H and O–H groups in total. The number of fused-ring (bicyclic) bond motifs is 1. The third kappa shape index (κ3) is 4.64. The monoisotopic (exact) mass is 495 g/mol. The SMILES string of the molecule is Cc1cc(C(C)Nc2ccc(Cl)cc2B2OC(C)(C)C(C)(C)O2)c2oc(C(C)C)c(C)c(=O)c2c1. The number of halogens is 1. The molecule has 35 heavy (non-hydrogen) atoms. The van der Waals surface area contributed by atoms with Crippen LogP contribution in [-0.2, 0) is 9.31 Å². The first kappa shape index (κ1) is 25.8. The Morgan fingerprint density at radius 1 is 0.971 bits per heavy atom. The molecule has 4 rings (SSSR count). The van der Waals surface area contributed by atoms with Gasteiger partial charge in [0.1, 0.15) is 11.3 Å². The first-order chi connectivity index (χ1) is 16.2. The van der Waals surface area contributed by atoms with Gasteiger partial charge in [-0.3, -0.25) is 4.79 Å². The van der Waals surface area contributed by atoms with Gasteiger partial charge >= 0.3 is 7.12 Å². The average molecular weight is 496 g/mol. The molecular formula is C28H35BClNO4. The van der Waals surface area contributed by atoms with Gasteiger partial charge in [0, 0.05) is 33.2 Å². The number of anilines is 1. The van der Waals surface area contributed by atoms with Crippen molar-refractivity contribution >= 4 is 40.8 Å². The van der Waals surface area contributed by atoms with Crippen LogP contribution in [0.4, 0.5) is 5.69 Å². The highest BCUT2D eigenvalue weighted by atomic mass is 35.5. The molecule has 3 aromatic rings. The summed E-state index contributed by atoms with van der Waals surface area (Å²) in [5.74, 6) is 0.833. The van der Waals surface area contributed by atoms with Crippen LogP contribution in [0, 0.1) is 13.8 Å². The molecule has 5 nitrogen and oxygen atoms in total. The molecule has 0 bridgehead atoms. The Bertz CT molecular complexity index is 1330. The third-order valence-corrected chi connectivity index (χ3v) is 7.55. The lowest BCUT2D eigenvalue weighted by molar-refractivity contribution is 0.00578. The minimum Gasteiger partial charge on any atom is -0.460 e. The molecule has 1 aromatic heterocycles.